The summed E-state index contributed by atoms with van der Waals surface area (Å²) in [7, 11) is 0. The van der Waals surface area contributed by atoms with E-state index in [1.807, 2.05) is 30.1 Å². The van der Waals surface area contributed by atoms with Crippen molar-refractivity contribution in [2.24, 2.45) is 11.8 Å². The van der Waals surface area contributed by atoms with Crippen LogP contribution in [0.4, 0.5) is 0 Å². The van der Waals surface area contributed by atoms with E-state index in [1.54, 1.807) is 18.7 Å². The molecule has 3 aliphatic rings. The standard InChI is InChI=1S/C21H24N4O6S2/c1-8-13(16(21(30)31)25-15(8)14(9(2)26)17(25)27)12-6-23-7-24(19(32-3)18(23)33-12)10-4-11(20(28)29)22-5-10/h6-11,14-15,22,26H,4-5H2,1-3H3,(H-,28,29,30,31)/t8-,9+,10-,11-,14+,15+/m0/s1. The molecule has 6 atom stereocenters. The summed E-state index contributed by atoms with van der Waals surface area (Å²) in [6, 6.07) is -0.979. The Hall–Kier alpha value is -2.41. The molecule has 2 aromatic rings. The van der Waals surface area contributed by atoms with Crippen molar-refractivity contribution in [3.05, 3.63) is 23.1 Å². The summed E-state index contributed by atoms with van der Waals surface area (Å²) in [5.74, 6) is -3.54. The SMILES string of the molecule is CSc1c2sc(C3=C(C(=O)[O-])N4C(=O)[C@H]([C@@H](C)O)[C@H]4[C@H]3C)c[n+]2cn1[C@@H]1CN[C@H](C(=O)O)C1. The molecule has 0 unspecified atom stereocenters. The highest BCUT2D eigenvalue weighted by atomic mass is 32.2. The fourth-order valence-electron chi connectivity index (χ4n) is 5.48. The Bertz CT molecular complexity index is 1220. The molecule has 33 heavy (non-hydrogen) atoms. The number of carbonyl (C=O) groups excluding carboxylic acids is 2. The molecule has 3 aliphatic heterocycles. The van der Waals surface area contributed by atoms with Gasteiger partial charge in [0.1, 0.15) is 18.3 Å². The third kappa shape index (κ3) is 3.15. The Labute approximate surface area is 197 Å². The van der Waals surface area contributed by atoms with E-state index < -0.39 is 36.0 Å². The highest BCUT2D eigenvalue weighted by Crippen LogP contribution is 2.51. The van der Waals surface area contributed by atoms with Gasteiger partial charge >= 0.3 is 5.97 Å². The quantitative estimate of drug-likeness (QED) is 0.274. The molecule has 10 nitrogen and oxygen atoms in total. The van der Waals surface area contributed by atoms with E-state index in [2.05, 4.69) is 9.88 Å². The van der Waals surface area contributed by atoms with Crippen molar-refractivity contribution < 1.29 is 34.1 Å². The lowest BCUT2D eigenvalue weighted by molar-refractivity contribution is -0.508. The Kier molecular flexibility index (Phi) is 5.31. The van der Waals surface area contributed by atoms with Gasteiger partial charge in [-0.3, -0.25) is 9.59 Å². The fourth-order valence-corrected chi connectivity index (χ4v) is 7.71. The molecule has 2 fully saturated rings. The summed E-state index contributed by atoms with van der Waals surface area (Å²) in [4.78, 5) is 38.9. The van der Waals surface area contributed by atoms with Crippen LogP contribution in [0, 0.1) is 11.8 Å². The summed E-state index contributed by atoms with van der Waals surface area (Å²) in [6.07, 6.45) is 5.34. The van der Waals surface area contributed by atoms with Crippen LogP contribution in [0.15, 0.2) is 23.2 Å². The van der Waals surface area contributed by atoms with Crippen molar-refractivity contribution in [3.63, 3.8) is 0 Å². The number of amides is 1. The smallest absolute Gasteiger partial charge is 0.320 e. The summed E-state index contributed by atoms with van der Waals surface area (Å²) < 4.78 is 4.00. The molecule has 1 amide bonds. The Morgan fingerprint density at radius 3 is 2.73 bits per heavy atom. The number of thioether (sulfide) groups is 1. The summed E-state index contributed by atoms with van der Waals surface area (Å²) in [6.45, 7) is 3.98. The molecule has 5 rings (SSSR count). The number of aliphatic carboxylic acids is 2. The van der Waals surface area contributed by atoms with Gasteiger partial charge in [-0.25, -0.2) is 4.57 Å². The Morgan fingerprint density at radius 1 is 1.42 bits per heavy atom. The van der Waals surface area contributed by atoms with Crippen LogP contribution in [-0.4, -0.2) is 68.5 Å². The van der Waals surface area contributed by atoms with Gasteiger partial charge in [0.15, 0.2) is 0 Å². The number of nitrogens with zero attached hydrogens (tertiary/aromatic N) is 3. The predicted octanol–water partition coefficient (Wildman–Crippen LogP) is -0.684. The molecule has 3 N–H and O–H groups in total. The highest BCUT2D eigenvalue weighted by molar-refractivity contribution is 7.98. The van der Waals surface area contributed by atoms with Crippen LogP contribution in [0.25, 0.3) is 10.4 Å². The molecule has 12 heteroatoms. The van der Waals surface area contributed by atoms with E-state index in [-0.39, 0.29) is 23.6 Å². The van der Waals surface area contributed by atoms with Gasteiger partial charge in [0.25, 0.3) is 6.33 Å². The van der Waals surface area contributed by atoms with Crippen LogP contribution >= 0.6 is 23.1 Å². The molecular weight excluding hydrogens is 468 g/mol. The van der Waals surface area contributed by atoms with E-state index in [1.165, 1.54) is 16.2 Å². The van der Waals surface area contributed by atoms with E-state index in [9.17, 15) is 29.7 Å². The van der Waals surface area contributed by atoms with Gasteiger partial charge in [-0.2, -0.15) is 4.40 Å². The molecule has 0 radical (unpaired) electrons. The first kappa shape index (κ1) is 22.4. The van der Waals surface area contributed by atoms with Crippen LogP contribution < -0.4 is 14.8 Å². The van der Waals surface area contributed by atoms with Crippen molar-refractivity contribution >= 4 is 51.3 Å². The van der Waals surface area contributed by atoms with Gasteiger partial charge in [-0.1, -0.05) is 30.0 Å². The maximum atomic E-state index is 12.6. The minimum Gasteiger partial charge on any atom is -0.543 e. The second-order valence-corrected chi connectivity index (χ2v) is 10.7. The average molecular weight is 493 g/mol. The predicted molar refractivity (Wildman–Crippen MR) is 117 cm³/mol. The van der Waals surface area contributed by atoms with Crippen LogP contribution in [-0.2, 0) is 14.4 Å². The third-order valence-electron chi connectivity index (χ3n) is 6.99. The lowest BCUT2D eigenvalue weighted by atomic mass is 9.77. The number of carboxylic acids is 2. The number of carboxylic acid groups (broad SMARTS) is 2. The van der Waals surface area contributed by atoms with Gasteiger partial charge in [-0.05, 0) is 13.2 Å². The molecule has 2 aromatic heterocycles. The van der Waals surface area contributed by atoms with Crippen LogP contribution in [0.2, 0.25) is 0 Å². The van der Waals surface area contributed by atoms with Crippen molar-refractivity contribution in [1.82, 2.24) is 14.8 Å². The Balaban J connectivity index is 1.55. The zero-order chi connectivity index (χ0) is 23.8. The zero-order valence-electron chi connectivity index (χ0n) is 18.2. The number of nitrogens with one attached hydrogen (secondary N) is 1. The number of hydrogen-bond acceptors (Lipinski definition) is 8. The second-order valence-electron chi connectivity index (χ2n) is 8.83. The van der Waals surface area contributed by atoms with E-state index in [0.29, 0.717) is 18.5 Å². The molecule has 0 bridgehead atoms. The van der Waals surface area contributed by atoms with E-state index in [4.69, 9.17) is 0 Å². The van der Waals surface area contributed by atoms with E-state index >= 15 is 0 Å². The largest absolute Gasteiger partial charge is 0.543 e. The number of hydrogen-bond donors (Lipinski definition) is 3. The summed E-state index contributed by atoms with van der Waals surface area (Å²) >= 11 is 2.98. The number of aliphatic hydroxyl groups is 1. The number of imidazole rings is 1. The average Bonchev–Trinajstić information content (AvgIpc) is 3.47. The number of β-lactam (4-membered cyclic amide) rings is 1. The first-order valence-corrected chi connectivity index (χ1v) is 12.7. The molecule has 0 saturated carbocycles. The molecule has 2 saturated heterocycles. The lowest BCUT2D eigenvalue weighted by Crippen LogP contribution is -2.64. The van der Waals surface area contributed by atoms with Crippen molar-refractivity contribution in [2.45, 2.75) is 49.5 Å². The van der Waals surface area contributed by atoms with Gasteiger partial charge in [-0.15, -0.1) is 0 Å². The summed E-state index contributed by atoms with van der Waals surface area (Å²) in [5, 5.41) is 35.4. The number of thiazole rings is 1. The number of aliphatic hydroxyl groups excluding tert-OH is 1. The molecule has 0 aliphatic carbocycles. The topological polar surface area (TPSA) is 139 Å². The number of carbonyl (C=O) groups is 3. The van der Waals surface area contributed by atoms with Crippen LogP contribution in [0.5, 0.6) is 0 Å². The van der Waals surface area contributed by atoms with E-state index in [0.717, 1.165) is 14.7 Å². The molecule has 0 spiro atoms. The highest BCUT2D eigenvalue weighted by Gasteiger charge is 2.59. The van der Waals surface area contributed by atoms with Gasteiger partial charge < -0.3 is 30.3 Å². The van der Waals surface area contributed by atoms with Gasteiger partial charge in [0, 0.05) is 24.5 Å². The third-order valence-corrected chi connectivity index (χ3v) is 9.05. The molecule has 5 heterocycles. The fraction of sp³-hybridized carbons (Fsp3) is 0.524. The molecular formula is C21H24N4O6S2. The first-order chi connectivity index (χ1) is 15.6. The van der Waals surface area contributed by atoms with Crippen LogP contribution in [0.3, 0.4) is 0 Å². The number of aromatic nitrogens is 2. The van der Waals surface area contributed by atoms with Crippen LogP contribution in [0.1, 0.15) is 31.2 Å². The molecule has 176 valence electrons. The minimum absolute atomic E-state index is 0.00104. The lowest BCUT2D eigenvalue weighted by Gasteiger charge is -2.47. The van der Waals surface area contributed by atoms with Crippen molar-refractivity contribution in [3.8, 4) is 0 Å². The maximum Gasteiger partial charge on any atom is 0.320 e. The van der Waals surface area contributed by atoms with Gasteiger partial charge in [0.2, 0.25) is 15.8 Å². The normalized spacial score (nSPS) is 30.1. The van der Waals surface area contributed by atoms with Gasteiger partial charge in [0.05, 0.1) is 34.6 Å². The monoisotopic (exact) mass is 492 g/mol. The summed E-state index contributed by atoms with van der Waals surface area (Å²) in [5.41, 5.74) is 0.444. The maximum absolute atomic E-state index is 12.6. The Morgan fingerprint density at radius 2 is 2.15 bits per heavy atom. The minimum atomic E-state index is -1.40. The number of rotatable bonds is 6. The van der Waals surface area contributed by atoms with Crippen molar-refractivity contribution in [2.75, 3.05) is 12.8 Å². The second kappa shape index (κ2) is 7.83. The number of fused-ring (bicyclic) bond motifs is 2. The van der Waals surface area contributed by atoms with Crippen molar-refractivity contribution in [1.29, 1.82) is 0 Å². The molecule has 0 aromatic carbocycles. The zero-order valence-corrected chi connectivity index (χ0v) is 19.9. The first-order valence-electron chi connectivity index (χ1n) is 10.7.